The van der Waals surface area contributed by atoms with Gasteiger partial charge in [-0.05, 0) is 47.3 Å². The molecule has 2 aromatic carbocycles. The summed E-state index contributed by atoms with van der Waals surface area (Å²) >= 11 is 1.36. The Labute approximate surface area is 222 Å². The highest BCUT2D eigenvalue weighted by Crippen LogP contribution is 2.37. The smallest absolute Gasteiger partial charge is 0.335 e. The van der Waals surface area contributed by atoms with E-state index in [2.05, 4.69) is 10.4 Å². The van der Waals surface area contributed by atoms with E-state index < -0.39 is 17.3 Å². The van der Waals surface area contributed by atoms with Crippen molar-refractivity contribution in [1.82, 2.24) is 14.7 Å². The first kappa shape index (κ1) is 25.3. The van der Waals surface area contributed by atoms with Crippen molar-refractivity contribution in [1.29, 1.82) is 0 Å². The number of carboxylic acids is 1. The number of benzene rings is 2. The van der Waals surface area contributed by atoms with Crippen molar-refractivity contribution in [3.8, 4) is 0 Å². The number of hydrogen-bond donors (Lipinski definition) is 2. The highest BCUT2D eigenvalue weighted by Gasteiger charge is 2.41. The van der Waals surface area contributed by atoms with Gasteiger partial charge in [-0.3, -0.25) is 14.3 Å². The second-order valence-corrected chi connectivity index (χ2v) is 10.8. The molecule has 1 aliphatic heterocycles. The number of amides is 2. The summed E-state index contributed by atoms with van der Waals surface area (Å²) in [6.07, 6.45) is 0. The molecule has 38 heavy (non-hydrogen) atoms. The number of anilines is 1. The Kier molecular flexibility index (Phi) is 6.58. The number of carbonyl (C=O) groups excluding carboxylic acids is 2. The average Bonchev–Trinajstić information content (AvgIpc) is 3.54. The van der Waals surface area contributed by atoms with Gasteiger partial charge >= 0.3 is 5.97 Å². The fraction of sp³-hybridized carbons (Fsp3) is 0.214. The fourth-order valence-electron chi connectivity index (χ4n) is 4.88. The van der Waals surface area contributed by atoms with Gasteiger partial charge in [0.1, 0.15) is 5.82 Å². The largest absolute Gasteiger partial charge is 0.478 e. The minimum absolute atomic E-state index is 0.0421. The van der Waals surface area contributed by atoms with Gasteiger partial charge in [-0.1, -0.05) is 38.1 Å². The first-order valence-corrected chi connectivity index (χ1v) is 12.8. The predicted octanol–water partition coefficient (Wildman–Crippen LogP) is 5.02. The van der Waals surface area contributed by atoms with E-state index in [4.69, 9.17) is 0 Å². The summed E-state index contributed by atoms with van der Waals surface area (Å²) in [6.45, 7) is 4.93. The van der Waals surface area contributed by atoms with Crippen LogP contribution in [0.1, 0.15) is 61.2 Å². The van der Waals surface area contributed by atoms with E-state index in [1.807, 2.05) is 25.3 Å². The Bertz CT molecular complexity index is 1530. The van der Waals surface area contributed by atoms with E-state index in [-0.39, 0.29) is 29.5 Å². The molecule has 0 saturated carbocycles. The van der Waals surface area contributed by atoms with Gasteiger partial charge in [0.25, 0.3) is 11.8 Å². The minimum Gasteiger partial charge on any atom is -0.478 e. The molecule has 0 aliphatic carbocycles. The van der Waals surface area contributed by atoms with Crippen molar-refractivity contribution in [3.05, 3.63) is 105 Å². The maximum absolute atomic E-state index is 13.5. The Morgan fingerprint density at radius 1 is 1.11 bits per heavy atom. The van der Waals surface area contributed by atoms with Gasteiger partial charge in [-0.15, -0.1) is 11.3 Å². The van der Waals surface area contributed by atoms with Crippen LogP contribution in [0.25, 0.3) is 0 Å². The van der Waals surface area contributed by atoms with Crippen LogP contribution in [0.5, 0.6) is 0 Å². The van der Waals surface area contributed by atoms with E-state index in [0.717, 1.165) is 11.3 Å². The molecule has 2 aromatic heterocycles. The van der Waals surface area contributed by atoms with Crippen molar-refractivity contribution in [3.63, 3.8) is 0 Å². The topological polar surface area (TPSA) is 105 Å². The summed E-state index contributed by atoms with van der Waals surface area (Å²) < 4.78 is 15.3. The van der Waals surface area contributed by atoms with Crippen LogP contribution in [0.15, 0.2) is 66.0 Å². The number of hydrogen-bond acceptors (Lipinski definition) is 5. The van der Waals surface area contributed by atoms with Crippen molar-refractivity contribution in [2.45, 2.75) is 32.4 Å². The number of fused-ring (bicyclic) bond motifs is 1. The molecule has 4 aromatic rings. The van der Waals surface area contributed by atoms with Crippen LogP contribution in [-0.2, 0) is 18.5 Å². The van der Waals surface area contributed by atoms with Gasteiger partial charge in [0.2, 0.25) is 0 Å². The molecule has 194 valence electrons. The van der Waals surface area contributed by atoms with E-state index in [0.29, 0.717) is 29.2 Å². The lowest BCUT2D eigenvalue weighted by Crippen LogP contribution is -2.46. The monoisotopic (exact) mass is 532 g/mol. The van der Waals surface area contributed by atoms with Crippen molar-refractivity contribution < 1.29 is 23.9 Å². The third-order valence-electron chi connectivity index (χ3n) is 6.47. The van der Waals surface area contributed by atoms with Gasteiger partial charge in [0, 0.05) is 23.2 Å². The number of rotatable bonds is 6. The Hall–Kier alpha value is -4.31. The molecule has 0 radical (unpaired) electrons. The van der Waals surface area contributed by atoms with Crippen LogP contribution < -0.4 is 5.32 Å². The first-order chi connectivity index (χ1) is 18.1. The van der Waals surface area contributed by atoms with Gasteiger partial charge < -0.3 is 15.3 Å². The number of carboxylic acid groups (broad SMARTS) is 1. The van der Waals surface area contributed by atoms with Gasteiger partial charge in [-0.2, -0.15) is 5.10 Å². The van der Waals surface area contributed by atoms with Crippen LogP contribution in [0.3, 0.4) is 0 Å². The number of carbonyl (C=O) groups is 3. The van der Waals surface area contributed by atoms with Crippen LogP contribution in [-0.4, -0.2) is 44.1 Å². The maximum atomic E-state index is 13.5. The second-order valence-electron chi connectivity index (χ2n) is 9.82. The van der Waals surface area contributed by atoms with Gasteiger partial charge in [-0.25, -0.2) is 9.18 Å². The molecule has 0 bridgehead atoms. The number of halogens is 1. The van der Waals surface area contributed by atoms with E-state index in [1.54, 1.807) is 39.9 Å². The Balaban J connectivity index is 1.55. The molecule has 5 rings (SSSR count). The third-order valence-corrected chi connectivity index (χ3v) is 7.33. The van der Waals surface area contributed by atoms with Crippen molar-refractivity contribution >= 4 is 34.8 Å². The lowest BCUT2D eigenvalue weighted by molar-refractivity contribution is 0.0681. The maximum Gasteiger partial charge on any atom is 0.335 e. The van der Waals surface area contributed by atoms with Crippen LogP contribution in [0.4, 0.5) is 10.1 Å². The van der Waals surface area contributed by atoms with Gasteiger partial charge in [0.15, 0.2) is 5.69 Å². The quantitative estimate of drug-likeness (QED) is 0.363. The van der Waals surface area contributed by atoms with E-state index in [1.165, 1.54) is 35.6 Å². The average molecular weight is 533 g/mol. The lowest BCUT2D eigenvalue weighted by atomic mass is 9.82. The zero-order chi connectivity index (χ0) is 27.0. The zero-order valence-electron chi connectivity index (χ0n) is 20.8. The van der Waals surface area contributed by atoms with Crippen LogP contribution >= 0.6 is 11.3 Å². The fourth-order valence-corrected chi connectivity index (χ4v) is 5.58. The normalized spacial score (nSPS) is 14.1. The summed E-state index contributed by atoms with van der Waals surface area (Å²) in [4.78, 5) is 40.5. The molecule has 8 nitrogen and oxygen atoms in total. The van der Waals surface area contributed by atoms with Crippen LogP contribution in [0, 0.1) is 5.82 Å². The molecule has 0 saturated heterocycles. The highest BCUT2D eigenvalue weighted by molar-refractivity contribution is 7.12. The molecule has 3 heterocycles. The molecule has 0 fully saturated rings. The van der Waals surface area contributed by atoms with Crippen LogP contribution in [0.2, 0.25) is 0 Å². The van der Waals surface area contributed by atoms with Gasteiger partial charge in [0.05, 0.1) is 29.2 Å². The molecule has 0 spiro atoms. The Morgan fingerprint density at radius 2 is 1.87 bits per heavy atom. The SMILES string of the molecule is CC1(C)CN(C(=O)c2cccs2)Cc2c(C(=O)Nc3cccc(C(=O)O)c3)nn(Cc3ccc(F)cc3)c21. The molecule has 0 unspecified atom stereocenters. The summed E-state index contributed by atoms with van der Waals surface area (Å²) in [5.74, 6) is -2.08. The molecule has 1 aliphatic rings. The molecule has 10 heteroatoms. The number of aromatic carboxylic acids is 1. The predicted molar refractivity (Wildman–Crippen MR) is 141 cm³/mol. The number of thiophene rings is 1. The van der Waals surface area contributed by atoms with E-state index in [9.17, 15) is 23.9 Å². The highest BCUT2D eigenvalue weighted by atomic mass is 32.1. The van der Waals surface area contributed by atoms with E-state index >= 15 is 0 Å². The Morgan fingerprint density at radius 3 is 2.55 bits per heavy atom. The number of nitrogens with one attached hydrogen (secondary N) is 1. The lowest BCUT2D eigenvalue weighted by Gasteiger charge is -2.38. The van der Waals surface area contributed by atoms with Crippen molar-refractivity contribution in [2.75, 3.05) is 11.9 Å². The summed E-state index contributed by atoms with van der Waals surface area (Å²) in [5.41, 5.74) is 2.22. The zero-order valence-corrected chi connectivity index (χ0v) is 21.6. The standard InChI is InChI=1S/C28H25FN4O4S/c1-28(2)16-32(26(35)22-7-4-12-38-22)15-21-23(25(34)30-20-6-3-5-18(13-20)27(36)37)31-33(24(21)28)14-17-8-10-19(29)11-9-17/h3-13H,14-16H2,1-2H3,(H,30,34)(H,36,37). The number of nitrogens with zero attached hydrogens (tertiary/aromatic N) is 3. The molecular formula is C28H25FN4O4S. The number of aromatic nitrogens is 2. The third kappa shape index (κ3) is 4.95. The molecule has 2 amide bonds. The first-order valence-electron chi connectivity index (χ1n) is 11.9. The summed E-state index contributed by atoms with van der Waals surface area (Å²) in [6, 6.07) is 15.6. The van der Waals surface area contributed by atoms with Crippen molar-refractivity contribution in [2.24, 2.45) is 0 Å². The second kappa shape index (κ2) is 9.86. The molecule has 0 atom stereocenters. The summed E-state index contributed by atoms with van der Waals surface area (Å²) in [7, 11) is 0. The molecular weight excluding hydrogens is 507 g/mol. The molecule has 2 N–H and O–H groups in total. The minimum atomic E-state index is -1.11. The summed E-state index contributed by atoms with van der Waals surface area (Å²) in [5, 5.41) is 18.6.